The number of hydrogen-bond donors (Lipinski definition) is 1. The maximum absolute atomic E-state index is 11.3. The van der Waals surface area contributed by atoms with Gasteiger partial charge in [-0.3, -0.25) is 0 Å². The lowest BCUT2D eigenvalue weighted by atomic mass is 10.0. The zero-order valence-corrected chi connectivity index (χ0v) is 9.62. The molecule has 0 fully saturated rings. The standard InChI is InChI=1S/C11H22O3/c1-5-9(4)10(12)11(13)14-7-6-8(2)3/h8-10,12H,5-7H2,1-4H3. The molecule has 0 amide bonds. The minimum atomic E-state index is -0.966. The molecule has 3 nitrogen and oxygen atoms in total. The fourth-order valence-corrected chi connectivity index (χ4v) is 0.936. The number of carbonyl (C=O) groups excluding carboxylic acids is 1. The summed E-state index contributed by atoms with van der Waals surface area (Å²) in [6.07, 6.45) is 0.659. The van der Waals surface area contributed by atoms with Crippen LogP contribution < -0.4 is 0 Å². The molecule has 0 aliphatic carbocycles. The van der Waals surface area contributed by atoms with Crippen molar-refractivity contribution in [2.75, 3.05) is 6.61 Å². The average Bonchev–Trinajstić information content (AvgIpc) is 2.14. The first-order valence-corrected chi connectivity index (χ1v) is 5.33. The minimum Gasteiger partial charge on any atom is -0.464 e. The highest BCUT2D eigenvalue weighted by molar-refractivity contribution is 5.74. The zero-order chi connectivity index (χ0) is 11.1. The largest absolute Gasteiger partial charge is 0.464 e. The SMILES string of the molecule is CCC(C)C(O)C(=O)OCCC(C)C. The molecule has 0 radical (unpaired) electrons. The molecule has 0 aromatic carbocycles. The molecular formula is C11H22O3. The van der Waals surface area contributed by atoms with E-state index in [-0.39, 0.29) is 5.92 Å². The molecule has 0 aliphatic rings. The molecule has 3 heteroatoms. The molecule has 2 unspecified atom stereocenters. The summed E-state index contributed by atoms with van der Waals surface area (Å²) < 4.78 is 4.95. The summed E-state index contributed by atoms with van der Waals surface area (Å²) in [6.45, 7) is 8.32. The van der Waals surface area contributed by atoms with Gasteiger partial charge in [0.2, 0.25) is 0 Å². The number of aliphatic hydroxyl groups excluding tert-OH is 1. The van der Waals surface area contributed by atoms with E-state index in [1.54, 1.807) is 0 Å². The van der Waals surface area contributed by atoms with Gasteiger partial charge in [0, 0.05) is 0 Å². The highest BCUT2D eigenvalue weighted by atomic mass is 16.5. The Hall–Kier alpha value is -0.570. The van der Waals surface area contributed by atoms with Gasteiger partial charge in [-0.05, 0) is 18.3 Å². The third kappa shape index (κ3) is 5.22. The van der Waals surface area contributed by atoms with E-state index in [2.05, 4.69) is 13.8 Å². The fourth-order valence-electron chi connectivity index (χ4n) is 0.936. The Labute approximate surface area is 86.5 Å². The van der Waals surface area contributed by atoms with Crippen LogP contribution in [0.5, 0.6) is 0 Å². The molecule has 14 heavy (non-hydrogen) atoms. The van der Waals surface area contributed by atoms with Crippen LogP contribution in [0.15, 0.2) is 0 Å². The van der Waals surface area contributed by atoms with E-state index in [9.17, 15) is 9.90 Å². The number of carbonyl (C=O) groups is 1. The van der Waals surface area contributed by atoms with Crippen LogP contribution in [0.1, 0.15) is 40.5 Å². The van der Waals surface area contributed by atoms with Crippen LogP contribution in [0.2, 0.25) is 0 Å². The average molecular weight is 202 g/mol. The van der Waals surface area contributed by atoms with E-state index in [4.69, 9.17) is 4.74 Å². The van der Waals surface area contributed by atoms with Crippen LogP contribution in [0.4, 0.5) is 0 Å². The van der Waals surface area contributed by atoms with Gasteiger partial charge in [-0.15, -0.1) is 0 Å². The molecule has 1 N–H and O–H groups in total. The Balaban J connectivity index is 3.73. The third-order valence-electron chi connectivity index (χ3n) is 2.36. The number of rotatable bonds is 6. The molecule has 0 saturated carbocycles. The molecule has 0 saturated heterocycles. The van der Waals surface area contributed by atoms with Gasteiger partial charge in [0.05, 0.1) is 6.61 Å². The van der Waals surface area contributed by atoms with E-state index in [1.807, 2.05) is 13.8 Å². The van der Waals surface area contributed by atoms with Crippen molar-refractivity contribution in [1.29, 1.82) is 0 Å². The van der Waals surface area contributed by atoms with Crippen molar-refractivity contribution in [2.45, 2.75) is 46.6 Å². The molecule has 0 aromatic rings. The maximum atomic E-state index is 11.3. The highest BCUT2D eigenvalue weighted by Gasteiger charge is 2.22. The van der Waals surface area contributed by atoms with Crippen LogP contribution >= 0.6 is 0 Å². The fraction of sp³-hybridized carbons (Fsp3) is 0.909. The lowest BCUT2D eigenvalue weighted by Gasteiger charge is -2.16. The molecule has 0 heterocycles. The van der Waals surface area contributed by atoms with Crippen LogP contribution in [-0.2, 0) is 9.53 Å². The second-order valence-corrected chi connectivity index (χ2v) is 4.18. The lowest BCUT2D eigenvalue weighted by molar-refractivity contribution is -0.156. The van der Waals surface area contributed by atoms with Gasteiger partial charge in [-0.1, -0.05) is 34.1 Å². The van der Waals surface area contributed by atoms with Crippen LogP contribution in [-0.4, -0.2) is 23.8 Å². The van der Waals surface area contributed by atoms with Crippen molar-refractivity contribution in [1.82, 2.24) is 0 Å². The van der Waals surface area contributed by atoms with Gasteiger partial charge in [0.25, 0.3) is 0 Å². The molecule has 0 rings (SSSR count). The summed E-state index contributed by atoms with van der Waals surface area (Å²) in [5.74, 6) is 0.00471. The van der Waals surface area contributed by atoms with Crippen LogP contribution in [0, 0.1) is 11.8 Å². The predicted molar refractivity (Wildman–Crippen MR) is 55.9 cm³/mol. The number of hydrogen-bond acceptors (Lipinski definition) is 3. The Morgan fingerprint density at radius 3 is 2.36 bits per heavy atom. The van der Waals surface area contributed by atoms with Gasteiger partial charge in [0.1, 0.15) is 0 Å². The lowest BCUT2D eigenvalue weighted by Crippen LogP contribution is -2.29. The van der Waals surface area contributed by atoms with E-state index in [0.717, 1.165) is 12.8 Å². The second-order valence-electron chi connectivity index (χ2n) is 4.18. The van der Waals surface area contributed by atoms with Gasteiger partial charge in [-0.2, -0.15) is 0 Å². The van der Waals surface area contributed by atoms with Crippen molar-refractivity contribution in [3.8, 4) is 0 Å². The number of ether oxygens (including phenoxy) is 1. The summed E-state index contributed by atoms with van der Waals surface area (Å²) in [6, 6.07) is 0. The van der Waals surface area contributed by atoms with Crippen molar-refractivity contribution >= 4 is 5.97 Å². The zero-order valence-electron chi connectivity index (χ0n) is 9.62. The molecule has 0 aromatic heterocycles. The Kier molecular flexibility index (Phi) is 6.54. The summed E-state index contributed by atoms with van der Waals surface area (Å²) in [7, 11) is 0. The summed E-state index contributed by atoms with van der Waals surface area (Å²) >= 11 is 0. The Morgan fingerprint density at radius 2 is 1.93 bits per heavy atom. The first-order valence-electron chi connectivity index (χ1n) is 5.33. The monoisotopic (exact) mass is 202 g/mol. The molecule has 0 spiro atoms. The maximum Gasteiger partial charge on any atom is 0.335 e. The second kappa shape index (κ2) is 6.82. The van der Waals surface area contributed by atoms with Crippen LogP contribution in [0.25, 0.3) is 0 Å². The quantitative estimate of drug-likeness (QED) is 0.670. The van der Waals surface area contributed by atoms with Crippen molar-refractivity contribution in [3.05, 3.63) is 0 Å². The van der Waals surface area contributed by atoms with Gasteiger partial charge < -0.3 is 9.84 Å². The molecule has 0 bridgehead atoms. The van der Waals surface area contributed by atoms with E-state index >= 15 is 0 Å². The normalized spacial score (nSPS) is 15.3. The smallest absolute Gasteiger partial charge is 0.335 e. The molecule has 84 valence electrons. The summed E-state index contributed by atoms with van der Waals surface area (Å²) in [5.41, 5.74) is 0. The number of esters is 1. The van der Waals surface area contributed by atoms with Crippen molar-refractivity contribution < 1.29 is 14.6 Å². The topological polar surface area (TPSA) is 46.5 Å². The Bertz CT molecular complexity index is 166. The van der Waals surface area contributed by atoms with Gasteiger partial charge in [0.15, 0.2) is 6.10 Å². The van der Waals surface area contributed by atoms with Crippen molar-refractivity contribution in [3.63, 3.8) is 0 Å². The van der Waals surface area contributed by atoms with E-state index in [0.29, 0.717) is 12.5 Å². The highest BCUT2D eigenvalue weighted by Crippen LogP contribution is 2.09. The van der Waals surface area contributed by atoms with Gasteiger partial charge in [-0.25, -0.2) is 4.79 Å². The minimum absolute atomic E-state index is 0.0263. The molecular weight excluding hydrogens is 180 g/mol. The predicted octanol–water partition coefficient (Wildman–Crippen LogP) is 1.98. The van der Waals surface area contributed by atoms with Gasteiger partial charge >= 0.3 is 5.97 Å². The number of aliphatic hydroxyl groups is 1. The van der Waals surface area contributed by atoms with E-state index in [1.165, 1.54) is 0 Å². The Morgan fingerprint density at radius 1 is 1.36 bits per heavy atom. The molecule has 2 atom stereocenters. The molecule has 0 aliphatic heterocycles. The first kappa shape index (κ1) is 13.4. The summed E-state index contributed by atoms with van der Waals surface area (Å²) in [4.78, 5) is 11.3. The summed E-state index contributed by atoms with van der Waals surface area (Å²) in [5, 5.41) is 9.48. The first-order chi connectivity index (χ1) is 6.49. The van der Waals surface area contributed by atoms with Crippen LogP contribution in [0.3, 0.4) is 0 Å². The van der Waals surface area contributed by atoms with Crippen molar-refractivity contribution in [2.24, 2.45) is 11.8 Å². The van der Waals surface area contributed by atoms with E-state index < -0.39 is 12.1 Å². The third-order valence-corrected chi connectivity index (χ3v) is 2.36.